The maximum atomic E-state index is 13.5. The Kier molecular flexibility index (Phi) is 9.48. The van der Waals surface area contributed by atoms with Crippen LogP contribution in [0.25, 0.3) is 0 Å². The summed E-state index contributed by atoms with van der Waals surface area (Å²) in [4.78, 5) is 0. The van der Waals surface area contributed by atoms with Crippen molar-refractivity contribution in [3.05, 3.63) is 71.8 Å². The average molecular weight is 589 g/mol. The third kappa shape index (κ3) is 6.59. The first-order valence-electron chi connectivity index (χ1n) is 8.86. The topological polar surface area (TPSA) is 34.1 Å². The van der Waals surface area contributed by atoms with Crippen LogP contribution in [-0.2, 0) is 21.6 Å². The molecule has 0 saturated heterocycles. The molecule has 0 radical (unpaired) electrons. The fourth-order valence-corrected chi connectivity index (χ4v) is 7.83. The van der Waals surface area contributed by atoms with E-state index in [1.165, 1.54) is 13.8 Å². The molecule has 0 aromatic heterocycles. The standard InChI is InChI=1S/C22H16Cl6O2S2/c1-19(31(29)21(23,24)25,15-13-17-9-5-3-6-10-17)20(2,32(30)22(26,27)28)16-14-18-11-7-4-8-12-18/h3-12H,1-2H3. The zero-order chi connectivity index (χ0) is 24.2. The van der Waals surface area contributed by atoms with Crippen LogP contribution in [0.1, 0.15) is 25.0 Å². The summed E-state index contributed by atoms with van der Waals surface area (Å²) < 4.78 is 18.8. The Morgan fingerprint density at radius 1 is 0.594 bits per heavy atom. The molecular weight excluding hydrogens is 573 g/mol. The van der Waals surface area contributed by atoms with Crippen molar-refractivity contribution in [3.63, 3.8) is 0 Å². The molecule has 32 heavy (non-hydrogen) atoms. The molecule has 0 amide bonds. The Bertz CT molecular complexity index is 1030. The quantitative estimate of drug-likeness (QED) is 0.293. The Balaban J connectivity index is 2.83. The van der Waals surface area contributed by atoms with E-state index in [-0.39, 0.29) is 0 Å². The molecule has 2 nitrogen and oxygen atoms in total. The summed E-state index contributed by atoms with van der Waals surface area (Å²) in [6.07, 6.45) is 0. The van der Waals surface area contributed by atoms with Gasteiger partial charge in [0.2, 0.25) is 0 Å². The minimum atomic E-state index is -2.35. The number of hydrogen-bond acceptors (Lipinski definition) is 2. The summed E-state index contributed by atoms with van der Waals surface area (Å²) in [5, 5.41) is 0. The van der Waals surface area contributed by atoms with Gasteiger partial charge in [-0.25, -0.2) is 0 Å². The highest BCUT2D eigenvalue weighted by molar-refractivity contribution is 7.97. The highest BCUT2D eigenvalue weighted by Gasteiger charge is 2.60. The van der Waals surface area contributed by atoms with Crippen molar-refractivity contribution < 1.29 is 8.42 Å². The lowest BCUT2D eigenvalue weighted by atomic mass is 9.93. The Morgan fingerprint density at radius 3 is 1.12 bits per heavy atom. The number of alkyl halides is 6. The van der Waals surface area contributed by atoms with E-state index in [9.17, 15) is 8.42 Å². The summed E-state index contributed by atoms with van der Waals surface area (Å²) in [6.45, 7) is 2.85. The maximum Gasteiger partial charge on any atom is 0.267 e. The maximum absolute atomic E-state index is 13.5. The summed E-state index contributed by atoms with van der Waals surface area (Å²) in [7, 11) is -4.69. The first-order valence-corrected chi connectivity index (χ1v) is 13.4. The zero-order valence-corrected chi connectivity index (χ0v) is 22.8. The Hall–Kier alpha value is -0.400. The molecule has 0 aliphatic carbocycles. The molecule has 2 aromatic carbocycles. The number of halogens is 6. The minimum Gasteiger partial charge on any atom is -0.253 e. The molecule has 0 aliphatic heterocycles. The van der Waals surface area contributed by atoms with Crippen LogP contribution in [0.2, 0.25) is 0 Å². The average Bonchev–Trinajstić information content (AvgIpc) is 2.74. The van der Waals surface area contributed by atoms with E-state index in [0.717, 1.165) is 0 Å². The third-order valence-electron chi connectivity index (χ3n) is 4.51. The van der Waals surface area contributed by atoms with Crippen molar-refractivity contribution in [2.45, 2.75) is 29.6 Å². The molecule has 4 unspecified atom stereocenters. The lowest BCUT2D eigenvalue weighted by Crippen LogP contribution is -2.58. The predicted molar refractivity (Wildman–Crippen MR) is 140 cm³/mol. The zero-order valence-electron chi connectivity index (χ0n) is 16.7. The highest BCUT2D eigenvalue weighted by Crippen LogP contribution is 2.48. The predicted octanol–water partition coefficient (Wildman–Crippen LogP) is 6.76. The summed E-state index contributed by atoms with van der Waals surface area (Å²) in [5.74, 6) is 11.5. The van der Waals surface area contributed by atoms with E-state index < -0.39 is 37.3 Å². The van der Waals surface area contributed by atoms with Crippen LogP contribution in [0.4, 0.5) is 0 Å². The lowest BCUT2D eigenvalue weighted by Gasteiger charge is -2.40. The summed E-state index contributed by atoms with van der Waals surface area (Å²) in [6, 6.07) is 17.7. The molecule has 170 valence electrons. The van der Waals surface area contributed by atoms with Crippen molar-refractivity contribution in [2.24, 2.45) is 0 Å². The second-order valence-electron chi connectivity index (χ2n) is 6.73. The van der Waals surface area contributed by atoms with E-state index in [4.69, 9.17) is 69.6 Å². The molecule has 0 fully saturated rings. The molecule has 0 saturated carbocycles. The molecule has 4 atom stereocenters. The third-order valence-corrected chi connectivity index (χ3v) is 10.5. The molecule has 2 rings (SSSR count). The summed E-state index contributed by atoms with van der Waals surface area (Å²) >= 11 is 36.1. The second kappa shape index (κ2) is 10.9. The minimum absolute atomic E-state index is 0.595. The van der Waals surface area contributed by atoms with E-state index in [2.05, 4.69) is 23.7 Å². The van der Waals surface area contributed by atoms with Gasteiger partial charge in [-0.3, -0.25) is 8.42 Å². The van der Waals surface area contributed by atoms with Gasteiger partial charge in [0.25, 0.3) is 6.25 Å². The normalized spacial score (nSPS) is 17.4. The van der Waals surface area contributed by atoms with Gasteiger partial charge in [0.1, 0.15) is 9.49 Å². The van der Waals surface area contributed by atoms with E-state index in [1.54, 1.807) is 48.5 Å². The Labute approximate surface area is 223 Å². The smallest absolute Gasteiger partial charge is 0.253 e. The van der Waals surface area contributed by atoms with Crippen molar-refractivity contribution in [1.82, 2.24) is 0 Å². The van der Waals surface area contributed by atoms with E-state index in [1.807, 2.05) is 12.1 Å². The molecule has 0 bridgehead atoms. The molecule has 0 heterocycles. The van der Waals surface area contributed by atoms with Gasteiger partial charge in [-0.2, -0.15) is 0 Å². The summed E-state index contributed by atoms with van der Waals surface area (Å²) in [5.41, 5.74) is 1.19. The van der Waals surface area contributed by atoms with Crippen molar-refractivity contribution in [1.29, 1.82) is 0 Å². The largest absolute Gasteiger partial charge is 0.267 e. The van der Waals surface area contributed by atoms with Gasteiger partial charge in [-0.1, -0.05) is 130 Å². The van der Waals surface area contributed by atoms with Gasteiger partial charge in [0, 0.05) is 11.1 Å². The van der Waals surface area contributed by atoms with Crippen LogP contribution in [0.15, 0.2) is 60.7 Å². The van der Waals surface area contributed by atoms with Crippen LogP contribution in [-0.4, -0.2) is 24.2 Å². The van der Waals surface area contributed by atoms with Crippen molar-refractivity contribution in [2.75, 3.05) is 0 Å². The highest BCUT2D eigenvalue weighted by atomic mass is 35.6. The van der Waals surface area contributed by atoms with Crippen LogP contribution in [0, 0.1) is 23.7 Å². The monoisotopic (exact) mass is 586 g/mol. The van der Waals surface area contributed by atoms with E-state index >= 15 is 0 Å². The molecule has 0 aliphatic rings. The molecule has 0 N–H and O–H groups in total. The van der Waals surface area contributed by atoms with Gasteiger partial charge in [0.15, 0.2) is 0 Å². The van der Waals surface area contributed by atoms with Gasteiger partial charge >= 0.3 is 0 Å². The van der Waals surface area contributed by atoms with Crippen LogP contribution in [0.3, 0.4) is 0 Å². The fraction of sp³-hybridized carbons (Fsp3) is 0.273. The lowest BCUT2D eigenvalue weighted by molar-refractivity contribution is 0.596. The second-order valence-corrected chi connectivity index (χ2v) is 16.6. The van der Waals surface area contributed by atoms with Crippen LogP contribution >= 0.6 is 69.6 Å². The fourth-order valence-electron chi connectivity index (χ4n) is 2.57. The van der Waals surface area contributed by atoms with Crippen molar-refractivity contribution >= 4 is 91.2 Å². The first kappa shape index (κ1) is 27.8. The molecule has 2 aromatic rings. The van der Waals surface area contributed by atoms with E-state index in [0.29, 0.717) is 11.1 Å². The molecule has 10 heteroatoms. The van der Waals surface area contributed by atoms with Gasteiger partial charge in [0.05, 0.1) is 21.6 Å². The van der Waals surface area contributed by atoms with Crippen LogP contribution < -0.4 is 0 Å². The van der Waals surface area contributed by atoms with Crippen molar-refractivity contribution in [3.8, 4) is 23.7 Å². The molecule has 0 spiro atoms. The van der Waals surface area contributed by atoms with Gasteiger partial charge < -0.3 is 0 Å². The van der Waals surface area contributed by atoms with Gasteiger partial charge in [-0.05, 0) is 38.1 Å². The number of hydrogen-bond donors (Lipinski definition) is 0. The van der Waals surface area contributed by atoms with Crippen LogP contribution in [0.5, 0.6) is 0 Å². The Morgan fingerprint density at radius 2 is 0.875 bits per heavy atom. The SMILES string of the molecule is CC(C#Cc1ccccc1)(S(=O)C(Cl)(Cl)Cl)C(C)(C#Cc1ccccc1)S(=O)C(Cl)(Cl)Cl. The molecular formula is C22H16Cl6O2S2. The number of benzene rings is 2. The van der Waals surface area contributed by atoms with Gasteiger partial charge in [-0.15, -0.1) is 0 Å². The first-order chi connectivity index (χ1) is 14.7. The number of rotatable bonds is 3.